The second-order valence-electron chi connectivity index (χ2n) is 3.03. The monoisotopic (exact) mass is 250 g/mol. The molecule has 0 aliphatic heterocycles. The lowest BCUT2D eigenvalue weighted by Crippen LogP contribution is -1.98. The Balaban J connectivity index is 1.79. The van der Waals surface area contributed by atoms with Crippen molar-refractivity contribution in [1.29, 1.82) is 0 Å². The Morgan fingerprint density at radius 2 is 2.12 bits per heavy atom. The fourth-order valence-corrected chi connectivity index (χ4v) is 2.59. The van der Waals surface area contributed by atoms with Crippen molar-refractivity contribution < 1.29 is 4.79 Å². The van der Waals surface area contributed by atoms with Gasteiger partial charge in [0.1, 0.15) is 0 Å². The third-order valence-corrected chi connectivity index (χ3v) is 3.69. The van der Waals surface area contributed by atoms with E-state index in [0.29, 0.717) is 6.42 Å². The molecule has 16 heavy (non-hydrogen) atoms. The lowest BCUT2D eigenvalue weighted by molar-refractivity contribution is 0.0993. The zero-order valence-corrected chi connectivity index (χ0v) is 10.1. The Morgan fingerprint density at radius 1 is 1.31 bits per heavy atom. The summed E-state index contributed by atoms with van der Waals surface area (Å²) in [7, 11) is 0. The van der Waals surface area contributed by atoms with Gasteiger partial charge in [0.2, 0.25) is 0 Å². The number of thioether (sulfide) groups is 1. The van der Waals surface area contributed by atoms with Gasteiger partial charge in [0, 0.05) is 24.6 Å². The summed E-state index contributed by atoms with van der Waals surface area (Å²) in [5, 5.41) is 2.64. The van der Waals surface area contributed by atoms with E-state index in [9.17, 15) is 4.79 Å². The molecule has 0 aliphatic carbocycles. The number of aromatic nitrogens is 2. The highest BCUT2D eigenvalue weighted by Crippen LogP contribution is 2.16. The second-order valence-corrected chi connectivity index (χ2v) is 5.04. The van der Waals surface area contributed by atoms with Crippen LogP contribution < -0.4 is 0 Å². The summed E-state index contributed by atoms with van der Waals surface area (Å²) in [5.41, 5.74) is 0. The molecule has 0 radical (unpaired) electrons. The van der Waals surface area contributed by atoms with E-state index in [1.165, 1.54) is 23.1 Å². The first-order valence-corrected chi connectivity index (χ1v) is 6.69. The maximum Gasteiger partial charge on any atom is 0.187 e. The summed E-state index contributed by atoms with van der Waals surface area (Å²) in [5.74, 6) is 0.916. The van der Waals surface area contributed by atoms with Crippen LogP contribution in [0.5, 0.6) is 0 Å². The molecule has 3 nitrogen and oxygen atoms in total. The molecule has 2 aromatic heterocycles. The molecule has 2 rings (SSSR count). The largest absolute Gasteiger partial charge is 0.293 e. The minimum absolute atomic E-state index is 0.193. The van der Waals surface area contributed by atoms with Gasteiger partial charge >= 0.3 is 0 Å². The molecule has 2 heterocycles. The molecule has 0 spiro atoms. The van der Waals surface area contributed by atoms with Gasteiger partial charge in [-0.2, -0.15) is 0 Å². The first-order valence-electron chi connectivity index (χ1n) is 4.83. The molecule has 0 fully saturated rings. The van der Waals surface area contributed by atoms with Crippen LogP contribution in [-0.4, -0.2) is 21.5 Å². The molecule has 0 unspecified atom stereocenters. The van der Waals surface area contributed by atoms with E-state index in [4.69, 9.17) is 0 Å². The zero-order chi connectivity index (χ0) is 11.2. The van der Waals surface area contributed by atoms with E-state index in [1.54, 1.807) is 18.5 Å². The van der Waals surface area contributed by atoms with E-state index in [2.05, 4.69) is 9.97 Å². The van der Waals surface area contributed by atoms with E-state index in [1.807, 2.05) is 17.5 Å². The van der Waals surface area contributed by atoms with Crippen molar-refractivity contribution in [2.75, 3.05) is 5.75 Å². The number of thiophene rings is 1. The van der Waals surface area contributed by atoms with E-state index < -0.39 is 0 Å². The molecule has 0 saturated carbocycles. The Morgan fingerprint density at radius 3 is 2.81 bits per heavy atom. The molecule has 82 valence electrons. The summed E-state index contributed by atoms with van der Waals surface area (Å²) in [6.07, 6.45) is 3.94. The molecule has 0 amide bonds. The van der Waals surface area contributed by atoms with Gasteiger partial charge in [0.05, 0.1) is 4.88 Å². The summed E-state index contributed by atoms with van der Waals surface area (Å²) < 4.78 is 0. The highest BCUT2D eigenvalue weighted by Gasteiger charge is 2.06. The van der Waals surface area contributed by atoms with Crippen molar-refractivity contribution >= 4 is 28.9 Å². The van der Waals surface area contributed by atoms with Gasteiger partial charge in [-0.25, -0.2) is 9.97 Å². The van der Waals surface area contributed by atoms with Crippen LogP contribution in [0.25, 0.3) is 0 Å². The van der Waals surface area contributed by atoms with Crippen LogP contribution in [0, 0.1) is 0 Å². The average Bonchev–Trinajstić information content (AvgIpc) is 2.84. The Bertz CT molecular complexity index is 442. The topological polar surface area (TPSA) is 42.9 Å². The maximum atomic E-state index is 11.7. The van der Waals surface area contributed by atoms with Crippen LogP contribution in [0.3, 0.4) is 0 Å². The SMILES string of the molecule is O=C(CCSc1ncccn1)c1cccs1. The quantitative estimate of drug-likeness (QED) is 0.465. The minimum Gasteiger partial charge on any atom is -0.293 e. The number of hydrogen-bond donors (Lipinski definition) is 0. The van der Waals surface area contributed by atoms with Gasteiger partial charge in [-0.1, -0.05) is 17.8 Å². The van der Waals surface area contributed by atoms with Crippen LogP contribution in [0.2, 0.25) is 0 Å². The molecule has 0 bridgehead atoms. The van der Waals surface area contributed by atoms with Gasteiger partial charge in [-0.3, -0.25) is 4.79 Å². The van der Waals surface area contributed by atoms with Gasteiger partial charge < -0.3 is 0 Å². The van der Waals surface area contributed by atoms with Crippen molar-refractivity contribution in [1.82, 2.24) is 9.97 Å². The lowest BCUT2D eigenvalue weighted by atomic mass is 10.3. The van der Waals surface area contributed by atoms with Crippen molar-refractivity contribution in [2.45, 2.75) is 11.6 Å². The van der Waals surface area contributed by atoms with Crippen molar-refractivity contribution in [2.24, 2.45) is 0 Å². The molecule has 0 aliphatic rings. The van der Waals surface area contributed by atoms with E-state index >= 15 is 0 Å². The van der Waals surface area contributed by atoms with Crippen molar-refractivity contribution in [3.8, 4) is 0 Å². The lowest BCUT2D eigenvalue weighted by Gasteiger charge is -1.98. The van der Waals surface area contributed by atoms with Gasteiger partial charge in [0.15, 0.2) is 10.9 Å². The highest BCUT2D eigenvalue weighted by molar-refractivity contribution is 7.99. The second kappa shape index (κ2) is 5.77. The standard InChI is InChI=1S/C11H10N2OS2/c14-9(10-3-1-7-15-10)4-8-16-11-12-5-2-6-13-11/h1-3,5-7H,4,8H2. The predicted molar refractivity (Wildman–Crippen MR) is 66.0 cm³/mol. The summed E-state index contributed by atoms with van der Waals surface area (Å²) >= 11 is 2.99. The predicted octanol–water partition coefficient (Wildman–Crippen LogP) is 2.90. The smallest absolute Gasteiger partial charge is 0.187 e. The molecule has 0 N–H and O–H groups in total. The van der Waals surface area contributed by atoms with Gasteiger partial charge in [-0.05, 0) is 17.5 Å². The number of carbonyl (C=O) groups is 1. The molecule has 0 saturated heterocycles. The first-order chi connectivity index (χ1) is 7.86. The molecule has 5 heteroatoms. The summed E-state index contributed by atoms with van der Waals surface area (Å²) in [6, 6.07) is 5.53. The van der Waals surface area contributed by atoms with Gasteiger partial charge in [0.25, 0.3) is 0 Å². The van der Waals surface area contributed by atoms with Crippen LogP contribution >= 0.6 is 23.1 Å². The van der Waals surface area contributed by atoms with Crippen molar-refractivity contribution in [3.63, 3.8) is 0 Å². The third kappa shape index (κ3) is 3.15. The number of hydrogen-bond acceptors (Lipinski definition) is 5. The number of ketones is 1. The summed E-state index contributed by atoms with van der Waals surface area (Å²) in [6.45, 7) is 0. The third-order valence-electron chi connectivity index (χ3n) is 1.90. The number of rotatable bonds is 5. The molecular formula is C11H10N2OS2. The minimum atomic E-state index is 0.193. The normalized spacial score (nSPS) is 10.2. The highest BCUT2D eigenvalue weighted by atomic mass is 32.2. The molecule has 0 atom stereocenters. The molecule has 2 aromatic rings. The van der Waals surface area contributed by atoms with Crippen LogP contribution in [0.15, 0.2) is 41.1 Å². The fourth-order valence-electron chi connectivity index (χ4n) is 1.16. The van der Waals surface area contributed by atoms with Crippen LogP contribution in [0.1, 0.15) is 16.1 Å². The zero-order valence-electron chi connectivity index (χ0n) is 8.50. The van der Waals surface area contributed by atoms with Crippen LogP contribution in [0.4, 0.5) is 0 Å². The van der Waals surface area contributed by atoms with E-state index in [0.717, 1.165) is 15.8 Å². The van der Waals surface area contributed by atoms with Gasteiger partial charge in [-0.15, -0.1) is 11.3 Å². The van der Waals surface area contributed by atoms with E-state index in [-0.39, 0.29) is 5.78 Å². The Hall–Kier alpha value is -1.20. The number of Topliss-reactive ketones (excluding diaryl/α,β-unsaturated/α-hetero) is 1. The first kappa shape index (κ1) is 11.3. The Labute approximate surface area is 102 Å². The fraction of sp³-hybridized carbons (Fsp3) is 0.182. The molecule has 0 aromatic carbocycles. The average molecular weight is 250 g/mol. The van der Waals surface area contributed by atoms with Crippen LogP contribution in [-0.2, 0) is 0 Å². The number of carbonyl (C=O) groups excluding carboxylic acids is 1. The molecular weight excluding hydrogens is 240 g/mol. The summed E-state index contributed by atoms with van der Waals surface area (Å²) in [4.78, 5) is 20.6. The Kier molecular flexibility index (Phi) is 4.07. The number of nitrogens with zero attached hydrogens (tertiary/aromatic N) is 2. The van der Waals surface area contributed by atoms with Crippen molar-refractivity contribution in [3.05, 3.63) is 40.8 Å². The maximum absolute atomic E-state index is 11.7.